The minimum Gasteiger partial charge on any atom is -0.487 e. The number of rotatable bonds is 6. The highest BCUT2D eigenvalue weighted by molar-refractivity contribution is 7.81. The molecule has 0 aliphatic heterocycles. The van der Waals surface area contributed by atoms with Crippen LogP contribution in [0.3, 0.4) is 0 Å². The van der Waals surface area contributed by atoms with E-state index in [9.17, 15) is 12.3 Å². The average Bonchev–Trinajstić information content (AvgIpc) is 2.19. The van der Waals surface area contributed by atoms with Crippen LogP contribution in [0.1, 0.15) is 0 Å². The first-order chi connectivity index (χ1) is 7.53. The molecule has 0 spiro atoms. The maximum atomic E-state index is 12.3. The van der Waals surface area contributed by atoms with Crippen LogP contribution in [0, 0.1) is 0 Å². The molecule has 0 bridgehead atoms. The van der Waals surface area contributed by atoms with E-state index in [-0.39, 0.29) is 24.7 Å². The lowest BCUT2D eigenvalue weighted by Gasteiger charge is -2.08. The van der Waals surface area contributed by atoms with Crippen molar-refractivity contribution in [2.75, 3.05) is 13.2 Å². The maximum Gasteiger partial charge on any atom is 0.488 e. The van der Waals surface area contributed by atoms with Crippen molar-refractivity contribution in [3.05, 3.63) is 24.3 Å². The topological polar surface area (TPSA) is 87.8 Å². The Kier molecular flexibility index (Phi) is 4.47. The Morgan fingerprint density at radius 2 is 1.81 bits per heavy atom. The smallest absolute Gasteiger partial charge is 0.487 e. The van der Waals surface area contributed by atoms with Crippen molar-refractivity contribution in [2.24, 2.45) is 5.90 Å². The normalized spacial score (nSPS) is 11.1. The molecule has 0 aliphatic rings. The zero-order valence-electron chi connectivity index (χ0n) is 8.13. The number of hydrogen-bond acceptors (Lipinski definition) is 6. The average molecular weight is 251 g/mol. The van der Waals surface area contributed by atoms with Crippen molar-refractivity contribution in [3.8, 4) is 11.5 Å². The fraction of sp³-hybridized carbons (Fsp3) is 0.250. The first-order valence-electron chi connectivity index (χ1n) is 4.20. The molecule has 0 aliphatic carbocycles. The Bertz CT molecular complexity index is 436. The number of para-hydroxylation sites is 2. The van der Waals surface area contributed by atoms with Crippen LogP contribution < -0.4 is 14.8 Å². The van der Waals surface area contributed by atoms with Crippen LogP contribution >= 0.6 is 0 Å². The van der Waals surface area contributed by atoms with Crippen LogP contribution in [0.15, 0.2) is 24.3 Å². The quantitative estimate of drug-likeness (QED) is 0.451. The second-order valence-electron chi connectivity index (χ2n) is 2.64. The number of nitrogens with two attached hydrogens (primary N) is 1. The molecule has 0 saturated heterocycles. The van der Waals surface area contributed by atoms with E-state index in [1.54, 1.807) is 6.07 Å². The van der Waals surface area contributed by atoms with Crippen molar-refractivity contribution in [1.82, 2.24) is 0 Å². The van der Waals surface area contributed by atoms with E-state index >= 15 is 0 Å². The van der Waals surface area contributed by atoms with Gasteiger partial charge in [-0.25, -0.2) is 5.90 Å². The third kappa shape index (κ3) is 4.43. The molecule has 90 valence electrons. The monoisotopic (exact) mass is 251 g/mol. The van der Waals surface area contributed by atoms with E-state index in [1.165, 1.54) is 18.2 Å². The van der Waals surface area contributed by atoms with Crippen LogP contribution in [0.2, 0.25) is 0 Å². The summed E-state index contributed by atoms with van der Waals surface area (Å²) in [6, 6.07) is 5.75. The molecule has 0 amide bonds. The molecule has 0 aromatic heterocycles. The molecule has 1 rings (SSSR count). The van der Waals surface area contributed by atoms with Crippen LogP contribution in [0.4, 0.5) is 3.89 Å². The van der Waals surface area contributed by atoms with Crippen molar-refractivity contribution >= 4 is 10.5 Å². The van der Waals surface area contributed by atoms with Gasteiger partial charge in [0.1, 0.15) is 13.2 Å². The number of ether oxygens (including phenoxy) is 1. The molecule has 8 heteroatoms. The summed E-state index contributed by atoms with van der Waals surface area (Å²) >= 11 is 0. The molecular formula is C8H10FNO5S. The molecule has 6 nitrogen and oxygen atoms in total. The van der Waals surface area contributed by atoms with Crippen LogP contribution in [-0.2, 0) is 15.3 Å². The van der Waals surface area contributed by atoms with Gasteiger partial charge in [0.25, 0.3) is 0 Å². The van der Waals surface area contributed by atoms with Gasteiger partial charge in [0, 0.05) is 0 Å². The van der Waals surface area contributed by atoms with Gasteiger partial charge in [-0.3, -0.25) is 0 Å². The van der Waals surface area contributed by atoms with Crippen molar-refractivity contribution < 1.29 is 26.1 Å². The molecule has 0 heterocycles. The molecule has 16 heavy (non-hydrogen) atoms. The van der Waals surface area contributed by atoms with Gasteiger partial charge in [0.05, 0.1) is 0 Å². The summed E-state index contributed by atoms with van der Waals surface area (Å²) in [5.74, 6) is 4.62. The van der Waals surface area contributed by atoms with Gasteiger partial charge in [0.2, 0.25) is 0 Å². The fourth-order valence-electron chi connectivity index (χ4n) is 0.945. The van der Waals surface area contributed by atoms with E-state index in [0.29, 0.717) is 0 Å². The highest BCUT2D eigenvalue weighted by Crippen LogP contribution is 2.27. The first kappa shape index (κ1) is 12.7. The highest BCUT2D eigenvalue weighted by atomic mass is 32.3. The number of benzene rings is 1. The SMILES string of the molecule is NOCCOc1ccccc1OS(=O)(=O)F. The minimum absolute atomic E-state index is 0.0841. The number of hydrogen-bond donors (Lipinski definition) is 1. The van der Waals surface area contributed by atoms with Crippen LogP contribution in [0.25, 0.3) is 0 Å². The van der Waals surface area contributed by atoms with E-state index in [4.69, 9.17) is 10.6 Å². The van der Waals surface area contributed by atoms with Gasteiger partial charge in [0.15, 0.2) is 11.5 Å². The van der Waals surface area contributed by atoms with Crippen LogP contribution in [-0.4, -0.2) is 21.6 Å². The number of halogens is 1. The highest BCUT2D eigenvalue weighted by Gasteiger charge is 2.13. The van der Waals surface area contributed by atoms with Gasteiger partial charge >= 0.3 is 10.5 Å². The fourth-order valence-corrected chi connectivity index (χ4v) is 1.30. The molecule has 0 radical (unpaired) electrons. The molecule has 0 unspecified atom stereocenters. The maximum absolute atomic E-state index is 12.3. The van der Waals surface area contributed by atoms with Crippen molar-refractivity contribution in [2.45, 2.75) is 0 Å². The summed E-state index contributed by atoms with van der Waals surface area (Å²) < 4.78 is 42.0. The summed E-state index contributed by atoms with van der Waals surface area (Å²) in [4.78, 5) is 4.25. The molecule has 1 aromatic carbocycles. The largest absolute Gasteiger partial charge is 0.488 e. The summed E-state index contributed by atoms with van der Waals surface area (Å²) in [7, 11) is -5.07. The second kappa shape index (κ2) is 5.64. The third-order valence-corrected chi connectivity index (χ3v) is 1.88. The minimum atomic E-state index is -5.07. The van der Waals surface area contributed by atoms with Crippen molar-refractivity contribution in [3.63, 3.8) is 0 Å². The van der Waals surface area contributed by atoms with Gasteiger partial charge in [-0.1, -0.05) is 16.0 Å². The summed E-state index contributed by atoms with van der Waals surface area (Å²) in [6.45, 7) is 0.194. The lowest BCUT2D eigenvalue weighted by Crippen LogP contribution is -2.11. The molecule has 0 fully saturated rings. The molecular weight excluding hydrogens is 241 g/mol. The standard InChI is InChI=1S/C8H10FNO5S/c9-16(11,12)15-8-4-2-1-3-7(8)13-5-6-14-10/h1-4H,5-6,10H2. The molecule has 2 N–H and O–H groups in total. The van der Waals surface area contributed by atoms with Gasteiger partial charge in [-0.05, 0) is 12.1 Å². The van der Waals surface area contributed by atoms with Crippen molar-refractivity contribution in [1.29, 1.82) is 0 Å². The zero-order chi connectivity index (χ0) is 12.0. The van der Waals surface area contributed by atoms with E-state index in [0.717, 1.165) is 0 Å². The third-order valence-electron chi connectivity index (χ3n) is 1.50. The summed E-state index contributed by atoms with van der Waals surface area (Å²) in [6.07, 6.45) is 0. The summed E-state index contributed by atoms with van der Waals surface area (Å²) in [5, 5.41) is 0. The Morgan fingerprint density at radius 3 is 2.38 bits per heavy atom. The summed E-state index contributed by atoms with van der Waals surface area (Å²) in [5.41, 5.74) is 0. The Hall–Kier alpha value is -1.38. The Balaban J connectivity index is 2.75. The first-order valence-corrected chi connectivity index (χ1v) is 5.51. The predicted octanol–water partition coefficient (Wildman–Crippen LogP) is 0.549. The van der Waals surface area contributed by atoms with E-state index in [1.807, 2.05) is 0 Å². The molecule has 1 aromatic rings. The zero-order valence-corrected chi connectivity index (χ0v) is 8.94. The van der Waals surface area contributed by atoms with Gasteiger partial charge in [-0.2, -0.15) is 8.42 Å². The van der Waals surface area contributed by atoms with Crippen LogP contribution in [0.5, 0.6) is 11.5 Å². The lowest BCUT2D eigenvalue weighted by molar-refractivity contribution is 0.101. The van der Waals surface area contributed by atoms with E-state index in [2.05, 4.69) is 9.02 Å². The van der Waals surface area contributed by atoms with Gasteiger partial charge in [-0.15, -0.1) is 0 Å². The van der Waals surface area contributed by atoms with Gasteiger partial charge < -0.3 is 13.8 Å². The Morgan fingerprint density at radius 1 is 1.19 bits per heavy atom. The predicted molar refractivity (Wildman–Crippen MR) is 52.7 cm³/mol. The Labute approximate surface area is 92.1 Å². The second-order valence-corrected chi connectivity index (χ2v) is 3.60. The lowest BCUT2D eigenvalue weighted by atomic mass is 10.3. The molecule has 0 saturated carbocycles. The molecule has 0 atom stereocenters. The van der Waals surface area contributed by atoms with E-state index < -0.39 is 10.5 Å².